The zero-order valence-corrected chi connectivity index (χ0v) is 9.35. The lowest BCUT2D eigenvalue weighted by Crippen LogP contribution is -2.09. The molecule has 0 unspecified atom stereocenters. The fourth-order valence-corrected chi connectivity index (χ4v) is 1.49. The van der Waals surface area contributed by atoms with E-state index in [4.69, 9.17) is 4.74 Å². The second-order valence-electron chi connectivity index (χ2n) is 4.72. The van der Waals surface area contributed by atoms with E-state index in [9.17, 15) is 4.39 Å². The first-order valence-corrected chi connectivity index (χ1v) is 5.54. The van der Waals surface area contributed by atoms with Crippen molar-refractivity contribution in [3.63, 3.8) is 0 Å². The topological polar surface area (TPSA) is 9.23 Å². The summed E-state index contributed by atoms with van der Waals surface area (Å²) in [5.74, 6) is 0.152. The number of ether oxygens (including phenoxy) is 1. The average Bonchev–Trinajstić information content (AvgIpc) is 2.96. The number of halogens is 1. The van der Waals surface area contributed by atoms with Crippen molar-refractivity contribution in [1.82, 2.24) is 0 Å². The van der Waals surface area contributed by atoms with Gasteiger partial charge in [0.2, 0.25) is 0 Å². The van der Waals surface area contributed by atoms with Gasteiger partial charge in [-0.15, -0.1) is 0 Å². The molecule has 2 heteroatoms. The molecule has 0 aliphatic heterocycles. The van der Waals surface area contributed by atoms with E-state index < -0.39 is 0 Å². The van der Waals surface area contributed by atoms with Crippen molar-refractivity contribution in [3.05, 3.63) is 29.6 Å². The highest BCUT2D eigenvalue weighted by Gasteiger charge is 2.38. The molecule has 82 valence electrons. The number of rotatable bonds is 4. The molecule has 0 bridgehead atoms. The van der Waals surface area contributed by atoms with Crippen LogP contribution in [0.4, 0.5) is 4.39 Å². The molecule has 0 aromatic heterocycles. The molecule has 0 amide bonds. The molecule has 2 rings (SSSR count). The lowest BCUT2D eigenvalue weighted by Gasteiger charge is -2.12. The van der Waals surface area contributed by atoms with E-state index in [1.165, 1.54) is 18.9 Å². The summed E-state index contributed by atoms with van der Waals surface area (Å²) in [4.78, 5) is 0. The average molecular weight is 208 g/mol. The van der Waals surface area contributed by atoms with Crippen LogP contribution in [0, 0.1) is 11.2 Å². The van der Waals surface area contributed by atoms with Crippen molar-refractivity contribution >= 4 is 0 Å². The highest BCUT2D eigenvalue weighted by atomic mass is 19.1. The number of hydrogen-bond acceptors (Lipinski definition) is 1. The standard InChI is InChI=1S/C13H17FO/c1-3-10-4-5-11(14)12(8-10)15-9-13(2)6-7-13/h4-5,8H,3,6-7,9H2,1-2H3. The summed E-state index contributed by atoms with van der Waals surface area (Å²) in [6.07, 6.45) is 3.30. The molecule has 1 fully saturated rings. The third-order valence-corrected chi connectivity index (χ3v) is 3.08. The van der Waals surface area contributed by atoms with Crippen molar-refractivity contribution in [2.45, 2.75) is 33.1 Å². The van der Waals surface area contributed by atoms with Gasteiger partial charge in [0.05, 0.1) is 6.61 Å². The molecule has 1 aliphatic carbocycles. The van der Waals surface area contributed by atoms with Crippen LogP contribution in [0.2, 0.25) is 0 Å². The smallest absolute Gasteiger partial charge is 0.165 e. The van der Waals surface area contributed by atoms with E-state index in [1.807, 2.05) is 0 Å². The molecule has 15 heavy (non-hydrogen) atoms. The minimum absolute atomic E-state index is 0.253. The quantitative estimate of drug-likeness (QED) is 0.735. The van der Waals surface area contributed by atoms with Crippen LogP contribution >= 0.6 is 0 Å². The Hall–Kier alpha value is -1.05. The Kier molecular flexibility index (Phi) is 2.68. The van der Waals surface area contributed by atoms with Crippen LogP contribution in [0.25, 0.3) is 0 Å². The molecular formula is C13H17FO. The minimum Gasteiger partial charge on any atom is -0.490 e. The molecule has 0 spiro atoms. The van der Waals surface area contributed by atoms with Crippen molar-refractivity contribution < 1.29 is 9.13 Å². The molecule has 0 heterocycles. The Balaban J connectivity index is 2.05. The summed E-state index contributed by atoms with van der Waals surface area (Å²) in [7, 11) is 0. The molecule has 0 atom stereocenters. The highest BCUT2D eigenvalue weighted by Crippen LogP contribution is 2.45. The molecule has 1 aliphatic rings. The summed E-state index contributed by atoms with van der Waals surface area (Å²) in [6, 6.07) is 5.10. The molecule has 1 nitrogen and oxygen atoms in total. The SMILES string of the molecule is CCc1ccc(F)c(OCC2(C)CC2)c1. The van der Waals surface area contributed by atoms with Crippen LogP contribution in [0.15, 0.2) is 18.2 Å². The van der Waals surface area contributed by atoms with Crippen LogP contribution in [0.1, 0.15) is 32.3 Å². The van der Waals surface area contributed by atoms with Crippen LogP contribution < -0.4 is 4.74 Å². The van der Waals surface area contributed by atoms with Gasteiger partial charge in [-0.05, 0) is 37.0 Å². The van der Waals surface area contributed by atoms with E-state index in [0.717, 1.165) is 12.0 Å². The fourth-order valence-electron chi connectivity index (χ4n) is 1.49. The van der Waals surface area contributed by atoms with Crippen molar-refractivity contribution in [2.24, 2.45) is 5.41 Å². The maximum atomic E-state index is 13.4. The van der Waals surface area contributed by atoms with Gasteiger partial charge in [0.25, 0.3) is 0 Å². The first kappa shape index (κ1) is 10.5. The largest absolute Gasteiger partial charge is 0.490 e. The second-order valence-corrected chi connectivity index (χ2v) is 4.72. The van der Waals surface area contributed by atoms with Gasteiger partial charge in [0.1, 0.15) is 0 Å². The minimum atomic E-state index is -0.253. The van der Waals surface area contributed by atoms with Gasteiger partial charge in [-0.2, -0.15) is 0 Å². The van der Waals surface area contributed by atoms with Gasteiger partial charge >= 0.3 is 0 Å². The van der Waals surface area contributed by atoms with Crippen LogP contribution in [-0.2, 0) is 6.42 Å². The predicted molar refractivity (Wildman–Crippen MR) is 58.6 cm³/mol. The molecule has 1 aromatic carbocycles. The number of benzene rings is 1. The van der Waals surface area contributed by atoms with Gasteiger partial charge in [-0.25, -0.2) is 4.39 Å². The molecular weight excluding hydrogens is 191 g/mol. The first-order chi connectivity index (χ1) is 7.13. The molecule has 1 aromatic rings. The van der Waals surface area contributed by atoms with Crippen LogP contribution in [-0.4, -0.2) is 6.61 Å². The van der Waals surface area contributed by atoms with Gasteiger partial charge in [0, 0.05) is 5.41 Å². The van der Waals surface area contributed by atoms with E-state index in [2.05, 4.69) is 13.8 Å². The lowest BCUT2D eigenvalue weighted by molar-refractivity contribution is 0.237. The Morgan fingerprint density at radius 3 is 2.73 bits per heavy atom. The monoisotopic (exact) mass is 208 g/mol. The normalized spacial score (nSPS) is 17.5. The van der Waals surface area contributed by atoms with E-state index >= 15 is 0 Å². The Bertz CT molecular complexity index is 356. The van der Waals surface area contributed by atoms with Crippen molar-refractivity contribution in [3.8, 4) is 5.75 Å². The lowest BCUT2D eigenvalue weighted by atomic mass is 10.1. The zero-order chi connectivity index (χ0) is 10.9. The van der Waals surface area contributed by atoms with Gasteiger partial charge < -0.3 is 4.74 Å². The second kappa shape index (κ2) is 3.84. The molecule has 1 saturated carbocycles. The van der Waals surface area contributed by atoms with Crippen LogP contribution in [0.5, 0.6) is 5.75 Å². The maximum absolute atomic E-state index is 13.4. The first-order valence-electron chi connectivity index (χ1n) is 5.54. The molecule has 0 N–H and O–H groups in total. The molecule has 0 radical (unpaired) electrons. The Morgan fingerprint density at radius 2 is 2.13 bits per heavy atom. The summed E-state index contributed by atoms with van der Waals surface area (Å²) in [5.41, 5.74) is 1.42. The predicted octanol–water partition coefficient (Wildman–Crippen LogP) is 3.57. The zero-order valence-electron chi connectivity index (χ0n) is 9.35. The van der Waals surface area contributed by atoms with Crippen molar-refractivity contribution in [1.29, 1.82) is 0 Å². The Morgan fingerprint density at radius 1 is 1.40 bits per heavy atom. The highest BCUT2D eigenvalue weighted by molar-refractivity contribution is 5.30. The summed E-state index contributed by atoms with van der Waals surface area (Å²) in [5, 5.41) is 0. The summed E-state index contributed by atoms with van der Waals surface area (Å²) >= 11 is 0. The van der Waals surface area contributed by atoms with Crippen LogP contribution in [0.3, 0.4) is 0 Å². The van der Waals surface area contributed by atoms with E-state index in [-0.39, 0.29) is 5.82 Å². The number of hydrogen-bond donors (Lipinski definition) is 0. The van der Waals surface area contributed by atoms with Gasteiger partial charge in [-0.1, -0.05) is 19.9 Å². The third-order valence-electron chi connectivity index (χ3n) is 3.08. The number of aryl methyl sites for hydroxylation is 1. The van der Waals surface area contributed by atoms with E-state index in [0.29, 0.717) is 17.8 Å². The van der Waals surface area contributed by atoms with Gasteiger partial charge in [-0.3, -0.25) is 0 Å². The third kappa shape index (κ3) is 2.49. The molecule has 0 saturated heterocycles. The fraction of sp³-hybridized carbons (Fsp3) is 0.538. The maximum Gasteiger partial charge on any atom is 0.165 e. The Labute approximate surface area is 90.3 Å². The summed E-state index contributed by atoms with van der Waals surface area (Å²) < 4.78 is 18.9. The van der Waals surface area contributed by atoms with Gasteiger partial charge in [0.15, 0.2) is 11.6 Å². The van der Waals surface area contributed by atoms with Crippen molar-refractivity contribution in [2.75, 3.05) is 6.61 Å². The van der Waals surface area contributed by atoms with E-state index in [1.54, 1.807) is 12.1 Å². The summed E-state index contributed by atoms with van der Waals surface area (Å²) in [6.45, 7) is 4.87.